The van der Waals surface area contributed by atoms with E-state index in [0.29, 0.717) is 0 Å². The number of rotatable bonds is 6. The Balaban J connectivity index is 2.50. The number of halogens is 1. The summed E-state index contributed by atoms with van der Waals surface area (Å²) in [4.78, 5) is 0. The van der Waals surface area contributed by atoms with Crippen LogP contribution in [-0.2, 0) is 0 Å². The normalized spacial score (nSPS) is 16.9. The second kappa shape index (κ2) is 6.26. The van der Waals surface area contributed by atoms with Crippen LogP contribution in [0.4, 0.5) is 4.32 Å². The molecular weight excluding hydrogens is 174 g/mol. The maximum absolute atomic E-state index is 13.5. The number of unbranched alkanes of at least 4 members (excludes halogenated alkanes) is 2. The van der Waals surface area contributed by atoms with Crippen LogP contribution in [0, 0.1) is 0 Å². The van der Waals surface area contributed by atoms with Crippen LogP contribution >= 0.6 is 0 Å². The molecule has 0 saturated heterocycles. The molecule has 0 unspecified atom stereocenters. The van der Waals surface area contributed by atoms with E-state index in [1.54, 1.807) is 0 Å². The average molecular weight is 196 g/mol. The fraction of sp³-hybridized carbons (Fsp3) is 0.833. The third-order valence-corrected chi connectivity index (χ3v) is 3.16. The van der Waals surface area contributed by atoms with Crippen molar-refractivity contribution in [3.8, 4) is 0 Å². The number of allylic oxidation sites excluding steroid dienone is 2. The molecule has 0 N–H and O–H groups in total. The van der Waals surface area contributed by atoms with Crippen molar-refractivity contribution in [1.82, 2.24) is 0 Å². The molecule has 0 saturated carbocycles. The molecule has 80 valence electrons. The average Bonchev–Trinajstić information content (AvgIpc) is 2.53. The molecule has 0 radical (unpaired) electrons. The molecule has 0 aromatic heterocycles. The quantitative estimate of drug-likeness (QED) is 0.546. The molecule has 0 nitrogen and oxygen atoms in total. The molecule has 1 aliphatic heterocycles. The van der Waals surface area contributed by atoms with Crippen molar-refractivity contribution in [2.24, 2.45) is 0 Å². The maximum atomic E-state index is 13.5. The molecule has 1 rings (SSSR count). The Labute approximate surface area is 88.1 Å². The molecule has 0 bridgehead atoms. The molecule has 0 spiro atoms. The minimum Gasteiger partial charge on any atom is -0.330 e. The maximum Gasteiger partial charge on any atom is 0.377 e. The zero-order valence-corrected chi connectivity index (χ0v) is 9.61. The van der Waals surface area contributed by atoms with Crippen molar-refractivity contribution in [3.05, 3.63) is 11.0 Å². The van der Waals surface area contributed by atoms with Gasteiger partial charge in [-0.25, -0.2) is 0 Å². The highest BCUT2D eigenvalue weighted by Gasteiger charge is 2.28. The Morgan fingerprint density at radius 2 is 1.79 bits per heavy atom. The zero-order chi connectivity index (χ0) is 10.4. The molecule has 0 aliphatic carbocycles. The number of hydrogen-bond acceptors (Lipinski definition) is 0. The molecule has 14 heavy (non-hydrogen) atoms. The fourth-order valence-electron chi connectivity index (χ4n) is 2.23. The minimum atomic E-state index is -0.603. The first-order chi connectivity index (χ1) is 6.79. The summed E-state index contributed by atoms with van der Waals surface area (Å²) in [6.07, 6.45) is 8.74. The van der Waals surface area contributed by atoms with Crippen LogP contribution in [0.5, 0.6) is 0 Å². The molecule has 2 heteroatoms. The van der Waals surface area contributed by atoms with Gasteiger partial charge in [0.1, 0.15) is 0 Å². The van der Waals surface area contributed by atoms with Gasteiger partial charge in [-0.15, -0.1) is 0 Å². The molecule has 0 atom stereocenters. The lowest BCUT2D eigenvalue weighted by molar-refractivity contribution is 0.749. The highest BCUT2D eigenvalue weighted by atomic mass is 19.1. The third kappa shape index (κ3) is 3.15. The Hall–Kier alpha value is -0.265. The summed E-state index contributed by atoms with van der Waals surface area (Å²) >= 11 is 0. The van der Waals surface area contributed by atoms with Gasteiger partial charge in [0, 0.05) is 0 Å². The monoisotopic (exact) mass is 196 g/mol. The van der Waals surface area contributed by atoms with Crippen molar-refractivity contribution >= 4 is 6.99 Å². The van der Waals surface area contributed by atoms with Crippen molar-refractivity contribution in [3.63, 3.8) is 0 Å². The minimum absolute atomic E-state index is 0.603. The van der Waals surface area contributed by atoms with Crippen LogP contribution in [0.25, 0.3) is 0 Å². The van der Waals surface area contributed by atoms with E-state index in [0.717, 1.165) is 32.0 Å². The van der Waals surface area contributed by atoms with Crippen LogP contribution in [0.3, 0.4) is 0 Å². The molecule has 0 fully saturated rings. The Kier molecular flexibility index (Phi) is 5.28. The van der Waals surface area contributed by atoms with Gasteiger partial charge in [0.15, 0.2) is 0 Å². The van der Waals surface area contributed by atoms with Gasteiger partial charge >= 0.3 is 6.99 Å². The zero-order valence-electron chi connectivity index (χ0n) is 9.61. The van der Waals surface area contributed by atoms with E-state index < -0.39 is 6.99 Å². The highest BCUT2D eigenvalue weighted by Crippen LogP contribution is 2.33. The molecule has 0 aromatic rings. The summed E-state index contributed by atoms with van der Waals surface area (Å²) < 4.78 is 13.5. The van der Waals surface area contributed by atoms with Crippen LogP contribution in [0.2, 0.25) is 6.32 Å². The molecule has 0 amide bonds. The van der Waals surface area contributed by atoms with Gasteiger partial charge in [-0.05, 0) is 32.0 Å². The Bertz CT molecular complexity index is 198. The fourth-order valence-corrected chi connectivity index (χ4v) is 2.23. The van der Waals surface area contributed by atoms with E-state index in [9.17, 15) is 4.32 Å². The van der Waals surface area contributed by atoms with Crippen molar-refractivity contribution < 1.29 is 4.32 Å². The van der Waals surface area contributed by atoms with E-state index in [2.05, 4.69) is 13.8 Å². The Morgan fingerprint density at radius 1 is 1.14 bits per heavy atom. The first kappa shape index (κ1) is 11.8. The third-order valence-electron chi connectivity index (χ3n) is 3.16. The standard InChI is InChI=1S/C12H22BF/c1-3-5-7-11-9-10-13(14)12(11)8-6-4-2/h3-10H2,1-2H3. The van der Waals surface area contributed by atoms with E-state index in [4.69, 9.17) is 0 Å². The largest absolute Gasteiger partial charge is 0.377 e. The molecule has 1 aliphatic rings. The molecule has 1 heterocycles. The van der Waals surface area contributed by atoms with Gasteiger partial charge in [0.25, 0.3) is 0 Å². The van der Waals surface area contributed by atoms with Gasteiger partial charge in [-0.3, -0.25) is 0 Å². The lowest BCUT2D eigenvalue weighted by atomic mass is 9.63. The van der Waals surface area contributed by atoms with E-state index >= 15 is 0 Å². The second-order valence-electron chi connectivity index (χ2n) is 4.34. The Morgan fingerprint density at radius 3 is 2.43 bits per heavy atom. The van der Waals surface area contributed by atoms with Gasteiger partial charge in [-0.2, -0.15) is 0 Å². The summed E-state index contributed by atoms with van der Waals surface area (Å²) in [5.41, 5.74) is 2.62. The van der Waals surface area contributed by atoms with E-state index in [-0.39, 0.29) is 0 Å². The predicted octanol–water partition coefficient (Wildman–Crippen LogP) is 4.57. The second-order valence-corrected chi connectivity index (χ2v) is 4.34. The van der Waals surface area contributed by atoms with Crippen LogP contribution in [0.1, 0.15) is 58.8 Å². The van der Waals surface area contributed by atoms with Gasteiger partial charge in [-0.1, -0.05) is 44.2 Å². The lowest BCUT2D eigenvalue weighted by Crippen LogP contribution is -2.04. The summed E-state index contributed by atoms with van der Waals surface area (Å²) in [7, 11) is 0. The first-order valence-corrected chi connectivity index (χ1v) is 6.14. The van der Waals surface area contributed by atoms with Crippen LogP contribution < -0.4 is 0 Å². The van der Waals surface area contributed by atoms with Crippen molar-refractivity contribution in [1.29, 1.82) is 0 Å². The van der Waals surface area contributed by atoms with E-state index in [1.807, 2.05) is 0 Å². The van der Waals surface area contributed by atoms with E-state index in [1.165, 1.54) is 30.3 Å². The molecular formula is C12H22BF. The van der Waals surface area contributed by atoms with Crippen LogP contribution in [-0.4, -0.2) is 6.99 Å². The summed E-state index contributed by atoms with van der Waals surface area (Å²) in [5.74, 6) is 0. The highest BCUT2D eigenvalue weighted by molar-refractivity contribution is 6.61. The number of hydrogen-bond donors (Lipinski definition) is 0. The van der Waals surface area contributed by atoms with Crippen molar-refractivity contribution in [2.75, 3.05) is 0 Å². The first-order valence-electron chi connectivity index (χ1n) is 6.14. The van der Waals surface area contributed by atoms with Gasteiger partial charge in [0.2, 0.25) is 0 Å². The topological polar surface area (TPSA) is 0 Å². The smallest absolute Gasteiger partial charge is 0.330 e. The summed E-state index contributed by atoms with van der Waals surface area (Å²) in [5, 5.41) is 0. The lowest BCUT2D eigenvalue weighted by Gasteiger charge is -2.07. The van der Waals surface area contributed by atoms with Crippen LogP contribution in [0.15, 0.2) is 11.0 Å². The molecule has 0 aromatic carbocycles. The van der Waals surface area contributed by atoms with Crippen molar-refractivity contribution in [2.45, 2.75) is 65.1 Å². The summed E-state index contributed by atoms with van der Waals surface area (Å²) in [6.45, 7) is 3.77. The summed E-state index contributed by atoms with van der Waals surface area (Å²) in [6, 6.07) is 0. The van der Waals surface area contributed by atoms with Gasteiger partial charge in [0.05, 0.1) is 0 Å². The predicted molar refractivity (Wildman–Crippen MR) is 62.4 cm³/mol. The van der Waals surface area contributed by atoms with Gasteiger partial charge < -0.3 is 4.32 Å². The SMILES string of the molecule is CCCCC1=C(CCCC)B(F)CC1.